The van der Waals surface area contributed by atoms with Crippen molar-refractivity contribution in [3.63, 3.8) is 0 Å². The highest BCUT2D eigenvalue weighted by Gasteiger charge is 2.33. The minimum absolute atomic E-state index is 0.0663. The molecule has 1 N–H and O–H groups in total. The molecule has 5 rings (SSSR count). The number of ether oxygens (including phenoxy) is 1. The number of carbonyl (C=O) groups is 1. The van der Waals surface area contributed by atoms with E-state index in [4.69, 9.17) is 4.74 Å². The summed E-state index contributed by atoms with van der Waals surface area (Å²) in [6, 6.07) is 13.3. The molecule has 1 amide bonds. The molecule has 2 aromatic rings. The van der Waals surface area contributed by atoms with Crippen molar-refractivity contribution in [2.75, 3.05) is 12.4 Å². The first-order valence-corrected chi connectivity index (χ1v) is 8.03. The molecule has 0 radical (unpaired) electrons. The summed E-state index contributed by atoms with van der Waals surface area (Å²) in [4.78, 5) is 12.5. The van der Waals surface area contributed by atoms with E-state index in [1.165, 1.54) is 11.1 Å². The molecule has 0 spiro atoms. The molecule has 2 aromatic carbocycles. The molecule has 3 heteroatoms. The fraction of sp³-hybridized carbons (Fsp3) is 0.250. The molecule has 2 atom stereocenters. The number of rotatable bonds is 3. The molecule has 2 unspecified atom stereocenters. The van der Waals surface area contributed by atoms with E-state index >= 15 is 0 Å². The lowest BCUT2D eigenvalue weighted by Gasteiger charge is -2.36. The van der Waals surface area contributed by atoms with Gasteiger partial charge in [-0.3, -0.25) is 4.79 Å². The van der Waals surface area contributed by atoms with Crippen LogP contribution in [0.25, 0.3) is 0 Å². The number of nitrogens with one attached hydrogen (secondary N) is 1. The molecule has 0 heterocycles. The molecule has 3 aliphatic rings. The molecule has 0 saturated heterocycles. The molecule has 116 valence electrons. The standard InChI is InChI=1S/C20H19NO2/c1-23-17-12-11-16(21-20(22)15-5-3-2-4-6-15)18-13-7-9-14(10-8-13)19(17)18/h2-7,9,11-14H,8,10H2,1H3,(H,21,22). The van der Waals surface area contributed by atoms with Gasteiger partial charge >= 0.3 is 0 Å². The molecular weight excluding hydrogens is 286 g/mol. The van der Waals surface area contributed by atoms with Gasteiger partial charge in [-0.25, -0.2) is 0 Å². The average Bonchev–Trinajstić information content (AvgIpc) is 2.63. The van der Waals surface area contributed by atoms with Crippen LogP contribution in [0.3, 0.4) is 0 Å². The van der Waals surface area contributed by atoms with Crippen molar-refractivity contribution in [3.05, 3.63) is 71.3 Å². The van der Waals surface area contributed by atoms with Crippen LogP contribution >= 0.6 is 0 Å². The van der Waals surface area contributed by atoms with Crippen molar-refractivity contribution in [2.24, 2.45) is 0 Å². The smallest absolute Gasteiger partial charge is 0.255 e. The fourth-order valence-electron chi connectivity index (χ4n) is 3.77. The van der Waals surface area contributed by atoms with E-state index in [0.29, 0.717) is 17.4 Å². The van der Waals surface area contributed by atoms with Crippen LogP contribution in [0, 0.1) is 0 Å². The summed E-state index contributed by atoms with van der Waals surface area (Å²) in [5.41, 5.74) is 4.06. The number of methoxy groups -OCH3 is 1. The number of anilines is 1. The fourth-order valence-corrected chi connectivity index (χ4v) is 3.77. The number of benzene rings is 2. The van der Waals surface area contributed by atoms with Gasteiger partial charge in [-0.05, 0) is 42.7 Å². The molecule has 23 heavy (non-hydrogen) atoms. The summed E-state index contributed by atoms with van der Waals surface area (Å²) in [5, 5.41) is 3.09. The molecule has 2 bridgehead atoms. The highest BCUT2D eigenvalue weighted by Crippen LogP contribution is 2.51. The quantitative estimate of drug-likeness (QED) is 0.849. The summed E-state index contributed by atoms with van der Waals surface area (Å²) < 4.78 is 5.56. The number of hydrogen-bond acceptors (Lipinski definition) is 2. The van der Waals surface area contributed by atoms with Gasteiger partial charge in [0.2, 0.25) is 0 Å². The van der Waals surface area contributed by atoms with Crippen molar-refractivity contribution in [1.29, 1.82) is 0 Å². The molecule has 0 aromatic heterocycles. The maximum Gasteiger partial charge on any atom is 0.255 e. The Labute approximate surface area is 136 Å². The first-order chi connectivity index (χ1) is 11.3. The largest absolute Gasteiger partial charge is 0.496 e. The Morgan fingerprint density at radius 2 is 1.70 bits per heavy atom. The predicted molar refractivity (Wildman–Crippen MR) is 91.2 cm³/mol. The lowest BCUT2D eigenvalue weighted by molar-refractivity contribution is 0.102. The Morgan fingerprint density at radius 3 is 2.35 bits per heavy atom. The van der Waals surface area contributed by atoms with E-state index < -0.39 is 0 Å². The molecular formula is C20H19NO2. The third-order valence-corrected chi connectivity index (χ3v) is 4.86. The van der Waals surface area contributed by atoms with Crippen molar-refractivity contribution < 1.29 is 9.53 Å². The molecule has 0 saturated carbocycles. The second-order valence-corrected chi connectivity index (χ2v) is 6.14. The van der Waals surface area contributed by atoms with Gasteiger partial charge in [0.1, 0.15) is 5.75 Å². The molecule has 0 fully saturated rings. The van der Waals surface area contributed by atoms with Crippen LogP contribution in [-0.2, 0) is 0 Å². The zero-order valence-corrected chi connectivity index (χ0v) is 13.1. The Hall–Kier alpha value is -2.55. The van der Waals surface area contributed by atoms with E-state index in [0.717, 1.165) is 24.3 Å². The normalized spacial score (nSPS) is 20.9. The topological polar surface area (TPSA) is 38.3 Å². The first-order valence-electron chi connectivity index (χ1n) is 8.03. The van der Waals surface area contributed by atoms with Gasteiger partial charge in [-0.1, -0.05) is 30.4 Å². The zero-order chi connectivity index (χ0) is 15.8. The van der Waals surface area contributed by atoms with Crippen LogP contribution in [0.2, 0.25) is 0 Å². The van der Waals surface area contributed by atoms with Crippen LogP contribution in [-0.4, -0.2) is 13.0 Å². The minimum atomic E-state index is -0.0663. The predicted octanol–water partition coefficient (Wildman–Crippen LogP) is 4.48. The van der Waals surface area contributed by atoms with E-state index in [1.54, 1.807) is 7.11 Å². The van der Waals surface area contributed by atoms with Gasteiger partial charge in [0.25, 0.3) is 5.91 Å². The SMILES string of the molecule is COc1ccc(NC(=O)c2ccccc2)c2c1C1C=CC2CC1. The molecule has 3 aliphatic carbocycles. The third-order valence-electron chi connectivity index (χ3n) is 4.86. The Morgan fingerprint density at radius 1 is 1.00 bits per heavy atom. The third kappa shape index (κ3) is 2.33. The number of fused-ring (bicyclic) bond motifs is 1. The monoisotopic (exact) mass is 305 g/mol. The second-order valence-electron chi connectivity index (χ2n) is 6.14. The Bertz CT molecular complexity index is 780. The van der Waals surface area contributed by atoms with Gasteiger partial charge in [0.15, 0.2) is 0 Å². The highest BCUT2D eigenvalue weighted by molar-refractivity contribution is 6.05. The summed E-state index contributed by atoms with van der Waals surface area (Å²) >= 11 is 0. The van der Waals surface area contributed by atoms with Crippen LogP contribution in [0.15, 0.2) is 54.6 Å². The average molecular weight is 305 g/mol. The number of allylic oxidation sites excluding steroid dienone is 2. The van der Waals surface area contributed by atoms with E-state index in [9.17, 15) is 4.79 Å². The minimum Gasteiger partial charge on any atom is -0.496 e. The lowest BCUT2D eigenvalue weighted by atomic mass is 9.70. The van der Waals surface area contributed by atoms with Gasteiger partial charge in [-0.15, -0.1) is 0 Å². The van der Waals surface area contributed by atoms with Crippen molar-refractivity contribution in [2.45, 2.75) is 24.7 Å². The Kier molecular flexibility index (Phi) is 3.41. The zero-order valence-electron chi connectivity index (χ0n) is 13.1. The van der Waals surface area contributed by atoms with Crippen LogP contribution < -0.4 is 10.1 Å². The summed E-state index contributed by atoms with van der Waals surface area (Å²) in [5.74, 6) is 1.63. The maximum atomic E-state index is 12.5. The van der Waals surface area contributed by atoms with Crippen LogP contribution in [0.5, 0.6) is 5.75 Å². The van der Waals surface area contributed by atoms with Crippen molar-refractivity contribution >= 4 is 11.6 Å². The van der Waals surface area contributed by atoms with E-state index in [1.807, 2.05) is 42.5 Å². The van der Waals surface area contributed by atoms with Gasteiger partial charge < -0.3 is 10.1 Å². The van der Waals surface area contributed by atoms with Gasteiger partial charge in [0.05, 0.1) is 7.11 Å². The molecule has 3 nitrogen and oxygen atoms in total. The number of carbonyl (C=O) groups excluding carboxylic acids is 1. The van der Waals surface area contributed by atoms with Crippen LogP contribution in [0.1, 0.15) is 46.2 Å². The second kappa shape index (κ2) is 5.58. The highest BCUT2D eigenvalue weighted by atomic mass is 16.5. The summed E-state index contributed by atoms with van der Waals surface area (Å²) in [7, 11) is 1.71. The number of hydrogen-bond donors (Lipinski definition) is 1. The molecule has 0 aliphatic heterocycles. The lowest BCUT2D eigenvalue weighted by Crippen LogP contribution is -2.22. The summed E-state index contributed by atoms with van der Waals surface area (Å²) in [6.07, 6.45) is 6.84. The van der Waals surface area contributed by atoms with Crippen molar-refractivity contribution in [1.82, 2.24) is 0 Å². The van der Waals surface area contributed by atoms with E-state index in [-0.39, 0.29) is 5.91 Å². The first kappa shape index (κ1) is 14.1. The van der Waals surface area contributed by atoms with Crippen LogP contribution in [0.4, 0.5) is 5.69 Å². The van der Waals surface area contributed by atoms with Crippen molar-refractivity contribution in [3.8, 4) is 5.75 Å². The van der Waals surface area contributed by atoms with Gasteiger partial charge in [0, 0.05) is 28.7 Å². The number of amides is 1. The maximum absolute atomic E-state index is 12.5. The summed E-state index contributed by atoms with van der Waals surface area (Å²) in [6.45, 7) is 0. The van der Waals surface area contributed by atoms with E-state index in [2.05, 4.69) is 17.5 Å². The Balaban J connectivity index is 1.74. The van der Waals surface area contributed by atoms with Gasteiger partial charge in [-0.2, -0.15) is 0 Å².